The largest absolute Gasteiger partial charge is 0.458 e. The summed E-state index contributed by atoms with van der Waals surface area (Å²) in [7, 11) is 0. The molecule has 0 saturated heterocycles. The number of hydrogen-bond donors (Lipinski definition) is 0. The molecule has 0 aliphatic heterocycles. The zero-order valence-corrected chi connectivity index (χ0v) is 13.4. The van der Waals surface area contributed by atoms with Crippen molar-refractivity contribution in [2.75, 3.05) is 0 Å². The average Bonchev–Trinajstić information content (AvgIpc) is 3.00. The van der Waals surface area contributed by atoms with E-state index in [1.807, 2.05) is 51.1 Å². The molecule has 0 fully saturated rings. The van der Waals surface area contributed by atoms with Gasteiger partial charge in [-0.1, -0.05) is 30.3 Å². The molecule has 0 bridgehead atoms. The van der Waals surface area contributed by atoms with Crippen molar-refractivity contribution in [3.05, 3.63) is 59.2 Å². The molecule has 0 N–H and O–H groups in total. The Bertz CT molecular complexity index is 842. The Hall–Kier alpha value is -2.76. The van der Waals surface area contributed by atoms with Crippen LogP contribution in [0.4, 0.5) is 0 Å². The summed E-state index contributed by atoms with van der Waals surface area (Å²) in [5, 5.41) is 4.13. The highest BCUT2D eigenvalue weighted by molar-refractivity contribution is 5.73. The minimum atomic E-state index is -0.285. The summed E-state index contributed by atoms with van der Waals surface area (Å²) in [4.78, 5) is 20.7. The molecule has 0 saturated carbocycles. The molecule has 1 atom stereocenters. The highest BCUT2D eigenvalue weighted by Gasteiger charge is 2.17. The molecule has 3 rings (SSSR count). The highest BCUT2D eigenvalue weighted by Crippen LogP contribution is 2.19. The van der Waals surface area contributed by atoms with Gasteiger partial charge in [-0.2, -0.15) is 10.1 Å². The van der Waals surface area contributed by atoms with Gasteiger partial charge in [0.15, 0.2) is 0 Å². The smallest absolute Gasteiger partial charge is 0.310 e. The molecule has 3 aromatic rings. The molecule has 0 amide bonds. The molecule has 118 valence electrons. The number of ether oxygens (including phenoxy) is 1. The van der Waals surface area contributed by atoms with Gasteiger partial charge in [0.25, 0.3) is 5.78 Å². The van der Waals surface area contributed by atoms with E-state index in [-0.39, 0.29) is 18.5 Å². The third kappa shape index (κ3) is 3.06. The van der Waals surface area contributed by atoms with Crippen molar-refractivity contribution in [2.24, 2.45) is 0 Å². The van der Waals surface area contributed by atoms with Crippen LogP contribution in [0.2, 0.25) is 0 Å². The third-order valence-corrected chi connectivity index (χ3v) is 3.89. The Labute approximate surface area is 134 Å². The molecular formula is C17H18N4O2. The maximum absolute atomic E-state index is 12.3. The first-order chi connectivity index (χ1) is 11.1. The minimum absolute atomic E-state index is 0.164. The normalized spacial score (nSPS) is 12.3. The van der Waals surface area contributed by atoms with Crippen LogP contribution in [0.25, 0.3) is 5.78 Å². The van der Waals surface area contributed by atoms with Crippen molar-refractivity contribution in [2.45, 2.75) is 33.3 Å². The monoisotopic (exact) mass is 310 g/mol. The van der Waals surface area contributed by atoms with E-state index >= 15 is 0 Å². The molecule has 0 aliphatic rings. The summed E-state index contributed by atoms with van der Waals surface area (Å²) in [6.45, 7) is 5.64. The summed E-state index contributed by atoms with van der Waals surface area (Å²) in [5.74, 6) is 0.253. The Morgan fingerprint density at radius 3 is 2.74 bits per heavy atom. The number of benzene rings is 1. The molecule has 6 nitrogen and oxygen atoms in total. The van der Waals surface area contributed by atoms with E-state index < -0.39 is 0 Å². The van der Waals surface area contributed by atoms with Gasteiger partial charge in [-0.15, -0.1) is 0 Å². The Morgan fingerprint density at radius 1 is 1.26 bits per heavy atom. The maximum Gasteiger partial charge on any atom is 0.310 e. The number of nitrogens with zero attached hydrogens (tertiary/aromatic N) is 4. The fourth-order valence-corrected chi connectivity index (χ4v) is 2.59. The number of carbonyl (C=O) groups excluding carboxylic acids is 1. The van der Waals surface area contributed by atoms with Crippen molar-refractivity contribution >= 4 is 11.7 Å². The van der Waals surface area contributed by atoms with Gasteiger partial charge in [0.05, 0.1) is 6.42 Å². The lowest BCUT2D eigenvalue weighted by Crippen LogP contribution is -2.15. The molecule has 6 heteroatoms. The summed E-state index contributed by atoms with van der Waals surface area (Å²) in [6, 6.07) is 9.67. The van der Waals surface area contributed by atoms with Crippen LogP contribution in [-0.2, 0) is 16.0 Å². The molecule has 0 aliphatic carbocycles. The van der Waals surface area contributed by atoms with Gasteiger partial charge in [-0.3, -0.25) is 4.79 Å². The molecule has 2 aromatic heterocycles. The van der Waals surface area contributed by atoms with Crippen molar-refractivity contribution in [3.63, 3.8) is 0 Å². The van der Waals surface area contributed by atoms with Crippen molar-refractivity contribution < 1.29 is 9.53 Å². The van der Waals surface area contributed by atoms with E-state index in [4.69, 9.17) is 4.74 Å². The van der Waals surface area contributed by atoms with Gasteiger partial charge in [0.1, 0.15) is 12.4 Å². The van der Waals surface area contributed by atoms with Gasteiger partial charge in [-0.25, -0.2) is 9.50 Å². The number of fused-ring (bicyclic) bond motifs is 1. The number of rotatable bonds is 4. The predicted octanol–water partition coefficient (Wildman–Crippen LogP) is 2.59. The van der Waals surface area contributed by atoms with Crippen LogP contribution in [-0.4, -0.2) is 25.6 Å². The third-order valence-electron chi connectivity index (χ3n) is 3.89. The summed E-state index contributed by atoms with van der Waals surface area (Å²) in [5.41, 5.74) is 3.43. The number of carbonyl (C=O) groups is 1. The van der Waals surface area contributed by atoms with E-state index in [0.717, 1.165) is 22.5 Å². The fourth-order valence-electron chi connectivity index (χ4n) is 2.59. The van der Waals surface area contributed by atoms with Crippen LogP contribution in [0.1, 0.15) is 35.5 Å². The Morgan fingerprint density at radius 2 is 2.00 bits per heavy atom. The van der Waals surface area contributed by atoms with E-state index in [0.29, 0.717) is 5.78 Å². The lowest BCUT2D eigenvalue weighted by molar-refractivity contribution is -0.147. The molecule has 23 heavy (non-hydrogen) atoms. The van der Waals surface area contributed by atoms with Gasteiger partial charge in [0, 0.05) is 17.0 Å². The number of aromatic nitrogens is 4. The van der Waals surface area contributed by atoms with Gasteiger partial charge < -0.3 is 4.74 Å². The topological polar surface area (TPSA) is 69.4 Å². The predicted molar refractivity (Wildman–Crippen MR) is 84.9 cm³/mol. The molecular weight excluding hydrogens is 292 g/mol. The first-order valence-corrected chi connectivity index (χ1v) is 7.46. The van der Waals surface area contributed by atoms with Crippen LogP contribution < -0.4 is 0 Å². The van der Waals surface area contributed by atoms with Gasteiger partial charge >= 0.3 is 5.97 Å². The second-order valence-corrected chi connectivity index (χ2v) is 5.45. The summed E-state index contributed by atoms with van der Waals surface area (Å²) < 4.78 is 7.17. The van der Waals surface area contributed by atoms with Crippen LogP contribution >= 0.6 is 0 Å². The fraction of sp³-hybridized carbons (Fsp3) is 0.294. The van der Waals surface area contributed by atoms with Crippen LogP contribution in [0.3, 0.4) is 0 Å². The summed E-state index contributed by atoms with van der Waals surface area (Å²) >= 11 is 0. The Balaban J connectivity index is 1.78. The minimum Gasteiger partial charge on any atom is -0.458 e. The quantitative estimate of drug-likeness (QED) is 0.693. The van der Waals surface area contributed by atoms with Crippen LogP contribution in [0.5, 0.6) is 0 Å². The molecule has 0 radical (unpaired) electrons. The lowest BCUT2D eigenvalue weighted by atomic mass is 10.1. The first kappa shape index (κ1) is 15.1. The average molecular weight is 310 g/mol. The van der Waals surface area contributed by atoms with Crippen molar-refractivity contribution in [1.82, 2.24) is 19.6 Å². The Kier molecular flexibility index (Phi) is 4.06. The molecule has 0 spiro atoms. The van der Waals surface area contributed by atoms with Crippen molar-refractivity contribution in [3.8, 4) is 0 Å². The maximum atomic E-state index is 12.3. The number of hydrogen-bond acceptors (Lipinski definition) is 5. The second-order valence-electron chi connectivity index (χ2n) is 5.45. The summed E-state index contributed by atoms with van der Waals surface area (Å²) in [6.07, 6.45) is 1.33. The van der Waals surface area contributed by atoms with Gasteiger partial charge in [-0.05, 0) is 26.3 Å². The standard InChI is InChI=1S/C17H18N4O2/c1-11-15(12(2)21-17(20-11)18-10-19-21)9-16(22)23-13(3)14-7-5-4-6-8-14/h4-8,10,13H,9H2,1-3H3/t13-/m0/s1. The number of esters is 1. The van der Waals surface area contributed by atoms with E-state index in [2.05, 4.69) is 15.1 Å². The zero-order chi connectivity index (χ0) is 16.4. The van der Waals surface area contributed by atoms with E-state index in [9.17, 15) is 4.79 Å². The molecule has 2 heterocycles. The van der Waals surface area contributed by atoms with E-state index in [1.165, 1.54) is 6.33 Å². The number of aryl methyl sites for hydroxylation is 2. The van der Waals surface area contributed by atoms with E-state index in [1.54, 1.807) is 4.52 Å². The van der Waals surface area contributed by atoms with Gasteiger partial charge in [0.2, 0.25) is 0 Å². The zero-order valence-electron chi connectivity index (χ0n) is 13.4. The van der Waals surface area contributed by atoms with Crippen LogP contribution in [0, 0.1) is 13.8 Å². The molecule has 0 unspecified atom stereocenters. The first-order valence-electron chi connectivity index (χ1n) is 7.46. The SMILES string of the molecule is Cc1nc2ncnn2c(C)c1CC(=O)O[C@@H](C)c1ccccc1. The molecule has 1 aromatic carbocycles. The second kappa shape index (κ2) is 6.16. The highest BCUT2D eigenvalue weighted by atomic mass is 16.5. The van der Waals surface area contributed by atoms with Crippen molar-refractivity contribution in [1.29, 1.82) is 0 Å². The lowest BCUT2D eigenvalue weighted by Gasteiger charge is -2.15. The van der Waals surface area contributed by atoms with Crippen LogP contribution in [0.15, 0.2) is 36.7 Å².